The van der Waals surface area contributed by atoms with E-state index in [0.29, 0.717) is 29.1 Å². The average molecular weight is 495 g/mol. The van der Waals surface area contributed by atoms with Crippen molar-refractivity contribution >= 4 is 12.1 Å². The summed E-state index contributed by atoms with van der Waals surface area (Å²) in [5.41, 5.74) is 6.89. The monoisotopic (exact) mass is 494 g/mol. The number of nitrogens with zero attached hydrogens (tertiary/aromatic N) is 4. The van der Waals surface area contributed by atoms with Crippen LogP contribution in [0.3, 0.4) is 0 Å². The maximum Gasteiger partial charge on any atom is 0.462 e. The molecule has 1 unspecified atom stereocenters. The number of aromatic nitrogens is 1. The fraction of sp³-hybridized carbons (Fsp3) is 0.269. The quantitative estimate of drug-likeness (QED) is 0.462. The number of benzene rings is 2. The van der Waals surface area contributed by atoms with E-state index in [1.54, 1.807) is 36.4 Å². The molecule has 2 aliphatic heterocycles. The van der Waals surface area contributed by atoms with Crippen LogP contribution in [0.25, 0.3) is 0 Å². The minimum Gasteiger partial charge on any atom is -0.322 e. The predicted molar refractivity (Wildman–Crippen MR) is 130 cm³/mol. The van der Waals surface area contributed by atoms with Crippen molar-refractivity contribution in [2.75, 3.05) is 6.54 Å². The van der Waals surface area contributed by atoms with Gasteiger partial charge in [0.1, 0.15) is 0 Å². The molecule has 0 saturated heterocycles. The van der Waals surface area contributed by atoms with Crippen LogP contribution in [0, 0.1) is 6.92 Å². The van der Waals surface area contributed by atoms with Crippen molar-refractivity contribution in [1.29, 1.82) is 0 Å². The summed E-state index contributed by atoms with van der Waals surface area (Å²) >= 11 is 0. The number of fused-ring (bicyclic) bond motifs is 3. The molecule has 0 spiro atoms. The van der Waals surface area contributed by atoms with Crippen LogP contribution in [0.1, 0.15) is 33.6 Å². The lowest BCUT2D eigenvalue weighted by molar-refractivity contribution is -0.332. The Bertz CT molecular complexity index is 1290. The highest BCUT2D eigenvalue weighted by atomic mass is 19.4. The minimum absolute atomic E-state index is 0.0462. The van der Waals surface area contributed by atoms with Gasteiger partial charge in [-0.05, 0) is 37.6 Å². The summed E-state index contributed by atoms with van der Waals surface area (Å²) in [6.45, 7) is 2.90. The lowest BCUT2D eigenvalue weighted by atomic mass is 10.1. The summed E-state index contributed by atoms with van der Waals surface area (Å²) < 4.78 is 48.4. The molecule has 3 heterocycles. The Labute approximate surface area is 206 Å². The Morgan fingerprint density at radius 3 is 2.58 bits per heavy atom. The Hall–Kier alpha value is -3.76. The third-order valence-electron chi connectivity index (χ3n) is 6.02. The first kappa shape index (κ1) is 24.0. The molecular weight excluding hydrogens is 469 g/mol. The molecule has 7 nitrogen and oxygen atoms in total. The number of amidine groups is 1. The highest BCUT2D eigenvalue weighted by Crippen LogP contribution is 2.40. The molecule has 10 heteroatoms. The summed E-state index contributed by atoms with van der Waals surface area (Å²) in [4.78, 5) is 4.47. The van der Waals surface area contributed by atoms with Crippen LogP contribution in [0.5, 0.6) is 0 Å². The Morgan fingerprint density at radius 1 is 1.00 bits per heavy atom. The van der Waals surface area contributed by atoms with Crippen LogP contribution in [0.4, 0.5) is 13.2 Å². The van der Waals surface area contributed by atoms with E-state index in [9.17, 15) is 13.2 Å². The van der Waals surface area contributed by atoms with Gasteiger partial charge in [0.2, 0.25) is 0 Å². The van der Waals surface area contributed by atoms with Gasteiger partial charge in [0, 0.05) is 17.7 Å². The van der Waals surface area contributed by atoms with Gasteiger partial charge in [-0.15, -0.1) is 0 Å². The van der Waals surface area contributed by atoms with E-state index in [1.807, 2.05) is 6.07 Å². The molecule has 2 N–H and O–H groups in total. The van der Waals surface area contributed by atoms with Crippen molar-refractivity contribution in [1.82, 2.24) is 20.7 Å². The second-order valence-corrected chi connectivity index (χ2v) is 8.65. The van der Waals surface area contributed by atoms with Gasteiger partial charge in [0.15, 0.2) is 5.84 Å². The maximum atomic E-state index is 14.3. The van der Waals surface area contributed by atoms with Crippen molar-refractivity contribution in [3.63, 3.8) is 0 Å². The molecule has 1 atom stereocenters. The lowest BCUT2D eigenvalue weighted by Crippen LogP contribution is -2.64. The van der Waals surface area contributed by atoms with E-state index in [2.05, 4.69) is 57.1 Å². The smallest absolute Gasteiger partial charge is 0.322 e. The number of alkyl halides is 3. The Balaban J connectivity index is 1.23. The van der Waals surface area contributed by atoms with Crippen LogP contribution in [0.15, 0.2) is 76.9 Å². The highest BCUT2D eigenvalue weighted by molar-refractivity contribution is 6.08. The van der Waals surface area contributed by atoms with Gasteiger partial charge in [-0.1, -0.05) is 60.2 Å². The zero-order valence-corrected chi connectivity index (χ0v) is 19.6. The molecule has 1 aromatic heterocycles. The summed E-state index contributed by atoms with van der Waals surface area (Å²) in [5.74, 6) is -2.89. The molecule has 186 valence electrons. The first-order chi connectivity index (χ1) is 17.4. The number of pyridine rings is 1. The second kappa shape index (κ2) is 9.71. The largest absolute Gasteiger partial charge is 0.462 e. The van der Waals surface area contributed by atoms with Crippen LogP contribution in [-0.4, -0.2) is 40.6 Å². The third kappa shape index (κ3) is 4.69. The Kier molecular flexibility index (Phi) is 6.46. The molecule has 0 fully saturated rings. The number of ether oxygens (including phenoxy) is 1. The average Bonchev–Trinajstić information content (AvgIpc) is 3.27. The SMILES string of the molecule is Cc1ccc(CCNCc2cccc(COC3(C(F)(F)F)NN=C4c5ccccc5C=NN43)n2)cc1. The number of rotatable bonds is 8. The summed E-state index contributed by atoms with van der Waals surface area (Å²) in [5, 5.41) is 12.0. The molecule has 0 bridgehead atoms. The molecule has 0 amide bonds. The van der Waals surface area contributed by atoms with E-state index < -0.39 is 12.0 Å². The van der Waals surface area contributed by atoms with Crippen molar-refractivity contribution in [2.24, 2.45) is 10.2 Å². The number of nitrogens with one attached hydrogen (secondary N) is 2. The van der Waals surface area contributed by atoms with E-state index in [-0.39, 0.29) is 12.4 Å². The van der Waals surface area contributed by atoms with Gasteiger partial charge in [-0.2, -0.15) is 28.4 Å². The molecule has 2 aromatic carbocycles. The molecule has 0 aliphatic carbocycles. The summed E-state index contributed by atoms with van der Waals surface area (Å²) in [7, 11) is 0. The van der Waals surface area contributed by atoms with Crippen molar-refractivity contribution in [3.05, 3.63) is 100 Å². The lowest BCUT2D eigenvalue weighted by Gasteiger charge is -2.37. The predicted octanol–water partition coefficient (Wildman–Crippen LogP) is 4.07. The molecule has 3 aromatic rings. The number of hydrazone groups is 2. The van der Waals surface area contributed by atoms with Crippen LogP contribution >= 0.6 is 0 Å². The third-order valence-corrected chi connectivity index (χ3v) is 6.02. The fourth-order valence-corrected chi connectivity index (χ4v) is 4.07. The summed E-state index contributed by atoms with van der Waals surface area (Å²) in [6, 6.07) is 20.5. The van der Waals surface area contributed by atoms with Gasteiger partial charge >= 0.3 is 12.0 Å². The number of halogens is 3. The van der Waals surface area contributed by atoms with Gasteiger partial charge in [-0.3, -0.25) is 4.98 Å². The van der Waals surface area contributed by atoms with Crippen LogP contribution in [0.2, 0.25) is 0 Å². The van der Waals surface area contributed by atoms with Gasteiger partial charge < -0.3 is 10.1 Å². The van der Waals surface area contributed by atoms with E-state index in [4.69, 9.17) is 4.74 Å². The van der Waals surface area contributed by atoms with Gasteiger partial charge in [0.25, 0.3) is 0 Å². The van der Waals surface area contributed by atoms with Crippen molar-refractivity contribution in [3.8, 4) is 0 Å². The normalized spacial score (nSPS) is 18.4. The molecule has 0 saturated carbocycles. The summed E-state index contributed by atoms with van der Waals surface area (Å²) in [6.07, 6.45) is -2.60. The Morgan fingerprint density at radius 2 is 1.78 bits per heavy atom. The number of hydrogen-bond donors (Lipinski definition) is 2. The molecular formula is C26H25F3N6O. The van der Waals surface area contributed by atoms with E-state index in [1.165, 1.54) is 17.3 Å². The number of aryl methyl sites for hydroxylation is 1. The van der Waals surface area contributed by atoms with Crippen molar-refractivity contribution < 1.29 is 17.9 Å². The number of hydrogen-bond acceptors (Lipinski definition) is 7. The fourth-order valence-electron chi connectivity index (χ4n) is 4.07. The first-order valence-corrected chi connectivity index (χ1v) is 11.6. The second-order valence-electron chi connectivity index (χ2n) is 8.65. The van der Waals surface area contributed by atoms with Gasteiger partial charge in [0.05, 0.1) is 24.2 Å². The van der Waals surface area contributed by atoms with Crippen LogP contribution in [-0.2, 0) is 24.3 Å². The zero-order chi connectivity index (χ0) is 25.2. The standard InChI is InChI=1S/C26H25F3N6O/c1-18-9-11-19(12-10-18)13-14-30-16-21-6-4-7-22(32-21)17-36-26(25(27,28)29)34-33-24-23-8-3-2-5-20(23)15-31-35(24)26/h2-12,15,30,34H,13-14,16-17H2,1H3. The topological polar surface area (TPSA) is 74.1 Å². The van der Waals surface area contributed by atoms with Crippen molar-refractivity contribution in [2.45, 2.75) is 38.5 Å². The van der Waals surface area contributed by atoms with Gasteiger partial charge in [-0.25, -0.2) is 5.43 Å². The van der Waals surface area contributed by atoms with E-state index in [0.717, 1.165) is 18.0 Å². The maximum absolute atomic E-state index is 14.3. The molecule has 5 rings (SSSR count). The molecule has 2 aliphatic rings. The first-order valence-electron chi connectivity index (χ1n) is 11.6. The zero-order valence-electron chi connectivity index (χ0n) is 19.6. The highest BCUT2D eigenvalue weighted by Gasteiger charge is 2.66. The minimum atomic E-state index is -4.84. The van der Waals surface area contributed by atoms with E-state index >= 15 is 0 Å². The molecule has 0 radical (unpaired) electrons. The van der Waals surface area contributed by atoms with Crippen LogP contribution < -0.4 is 10.7 Å². The molecule has 36 heavy (non-hydrogen) atoms.